The van der Waals surface area contributed by atoms with Gasteiger partial charge in [-0.25, -0.2) is 0 Å². The molecule has 1 unspecified atom stereocenters. The Balaban J connectivity index is 1.63. The van der Waals surface area contributed by atoms with Gasteiger partial charge in [0, 0.05) is 4.90 Å². The molecule has 0 aliphatic carbocycles. The van der Waals surface area contributed by atoms with Crippen molar-refractivity contribution in [1.29, 1.82) is 0 Å². The molecule has 2 aromatic carbocycles. The van der Waals surface area contributed by atoms with Crippen LogP contribution in [0.3, 0.4) is 0 Å². The van der Waals surface area contributed by atoms with Gasteiger partial charge in [0.2, 0.25) is 0 Å². The van der Waals surface area contributed by atoms with Gasteiger partial charge in [-0.1, -0.05) is 47.7 Å². The zero-order valence-electron chi connectivity index (χ0n) is 12.7. The smallest absolute Gasteiger partial charge is 0.161 e. The SMILES string of the molecule is Cc1ccc(SC(=S)NC(N)c2ccc3c(c2)OCCO3)cc1. The molecule has 0 saturated heterocycles. The summed E-state index contributed by atoms with van der Waals surface area (Å²) >= 11 is 6.87. The van der Waals surface area contributed by atoms with Crippen molar-refractivity contribution >= 4 is 28.3 Å². The van der Waals surface area contributed by atoms with Crippen molar-refractivity contribution in [2.75, 3.05) is 13.2 Å². The number of hydrogen-bond donors (Lipinski definition) is 2. The van der Waals surface area contributed by atoms with Crippen LogP contribution in [0.5, 0.6) is 11.5 Å². The second-order valence-electron chi connectivity index (χ2n) is 5.23. The van der Waals surface area contributed by atoms with E-state index in [1.54, 1.807) is 0 Å². The fourth-order valence-corrected chi connectivity index (χ4v) is 3.29. The van der Waals surface area contributed by atoms with Crippen molar-refractivity contribution < 1.29 is 9.47 Å². The Morgan fingerprint density at radius 1 is 1.13 bits per heavy atom. The quantitative estimate of drug-likeness (QED) is 0.505. The number of fused-ring (bicyclic) bond motifs is 1. The first-order valence-electron chi connectivity index (χ1n) is 7.32. The predicted octanol–water partition coefficient (Wildman–Crippen LogP) is 3.39. The summed E-state index contributed by atoms with van der Waals surface area (Å²) in [5.74, 6) is 1.48. The summed E-state index contributed by atoms with van der Waals surface area (Å²) in [5.41, 5.74) is 8.33. The average molecular weight is 346 g/mol. The summed E-state index contributed by atoms with van der Waals surface area (Å²) in [5, 5.41) is 3.14. The van der Waals surface area contributed by atoms with Gasteiger partial charge in [-0.3, -0.25) is 0 Å². The van der Waals surface area contributed by atoms with E-state index < -0.39 is 6.17 Å². The molecule has 3 rings (SSSR count). The van der Waals surface area contributed by atoms with Crippen molar-refractivity contribution in [3.8, 4) is 11.5 Å². The maximum atomic E-state index is 6.20. The van der Waals surface area contributed by atoms with Crippen LogP contribution >= 0.6 is 24.0 Å². The summed E-state index contributed by atoms with van der Waals surface area (Å²) in [7, 11) is 0. The molecule has 6 heteroatoms. The molecule has 4 nitrogen and oxygen atoms in total. The molecule has 1 aliphatic heterocycles. The van der Waals surface area contributed by atoms with Crippen LogP contribution in [-0.4, -0.2) is 17.5 Å². The molecule has 0 spiro atoms. The lowest BCUT2D eigenvalue weighted by Gasteiger charge is -2.21. The number of hydrogen-bond acceptors (Lipinski definition) is 5. The lowest BCUT2D eigenvalue weighted by atomic mass is 10.1. The van der Waals surface area contributed by atoms with Gasteiger partial charge < -0.3 is 20.5 Å². The summed E-state index contributed by atoms with van der Waals surface area (Å²) in [4.78, 5) is 1.09. The Hall–Kier alpha value is -1.76. The van der Waals surface area contributed by atoms with E-state index in [0.717, 1.165) is 22.0 Å². The van der Waals surface area contributed by atoms with Gasteiger partial charge in [-0.15, -0.1) is 0 Å². The molecule has 0 fully saturated rings. The number of benzene rings is 2. The topological polar surface area (TPSA) is 56.5 Å². The zero-order valence-corrected chi connectivity index (χ0v) is 14.4. The van der Waals surface area contributed by atoms with Gasteiger partial charge >= 0.3 is 0 Å². The van der Waals surface area contributed by atoms with Crippen LogP contribution in [0.25, 0.3) is 0 Å². The molecule has 120 valence electrons. The highest BCUT2D eigenvalue weighted by atomic mass is 32.2. The van der Waals surface area contributed by atoms with Crippen LogP contribution < -0.4 is 20.5 Å². The first kappa shape index (κ1) is 16.1. The van der Waals surface area contributed by atoms with E-state index >= 15 is 0 Å². The van der Waals surface area contributed by atoms with Crippen molar-refractivity contribution in [2.24, 2.45) is 5.73 Å². The van der Waals surface area contributed by atoms with Gasteiger partial charge in [0.15, 0.2) is 11.5 Å². The van der Waals surface area contributed by atoms with Crippen LogP contribution in [0.2, 0.25) is 0 Å². The molecule has 1 heterocycles. The van der Waals surface area contributed by atoms with E-state index in [9.17, 15) is 0 Å². The number of rotatable bonds is 3. The van der Waals surface area contributed by atoms with Crippen molar-refractivity contribution in [1.82, 2.24) is 5.32 Å². The minimum absolute atomic E-state index is 0.392. The number of nitrogens with two attached hydrogens (primary N) is 1. The Kier molecular flexibility index (Phi) is 5.05. The Morgan fingerprint density at radius 3 is 2.57 bits per heavy atom. The molecule has 0 radical (unpaired) electrons. The Bertz CT molecular complexity index is 704. The standard InChI is InChI=1S/C17H18N2O2S2/c1-11-2-5-13(6-3-11)23-17(22)19-16(18)12-4-7-14-15(10-12)21-9-8-20-14/h2-7,10,16H,8-9,18H2,1H3,(H,19,22). The highest BCUT2D eigenvalue weighted by molar-refractivity contribution is 8.23. The zero-order chi connectivity index (χ0) is 16.2. The second-order valence-corrected chi connectivity index (χ2v) is 6.98. The first-order valence-corrected chi connectivity index (χ1v) is 8.54. The second kappa shape index (κ2) is 7.21. The third kappa shape index (κ3) is 4.16. The molecule has 0 saturated carbocycles. The number of nitrogens with one attached hydrogen (secondary N) is 1. The summed E-state index contributed by atoms with van der Waals surface area (Å²) < 4.78 is 11.7. The average Bonchev–Trinajstić information content (AvgIpc) is 2.56. The summed E-state index contributed by atoms with van der Waals surface area (Å²) in [6.07, 6.45) is -0.392. The van der Waals surface area contributed by atoms with E-state index in [4.69, 9.17) is 27.4 Å². The van der Waals surface area contributed by atoms with E-state index in [1.165, 1.54) is 17.3 Å². The Labute approximate surface area is 145 Å². The molecule has 0 amide bonds. The van der Waals surface area contributed by atoms with Crippen LogP contribution in [0.1, 0.15) is 17.3 Å². The fourth-order valence-electron chi connectivity index (χ4n) is 2.21. The van der Waals surface area contributed by atoms with Gasteiger partial charge in [-0.05, 0) is 36.8 Å². The van der Waals surface area contributed by atoms with Crippen LogP contribution in [0.15, 0.2) is 47.4 Å². The van der Waals surface area contributed by atoms with Gasteiger partial charge in [0.05, 0.1) is 0 Å². The van der Waals surface area contributed by atoms with Gasteiger partial charge in [0.1, 0.15) is 23.7 Å². The third-order valence-corrected chi connectivity index (χ3v) is 4.61. The minimum atomic E-state index is -0.392. The lowest BCUT2D eigenvalue weighted by molar-refractivity contribution is 0.171. The molecule has 1 aliphatic rings. The van der Waals surface area contributed by atoms with E-state index in [1.807, 2.05) is 30.3 Å². The largest absolute Gasteiger partial charge is 0.486 e. The number of aryl methyl sites for hydroxylation is 1. The minimum Gasteiger partial charge on any atom is -0.486 e. The van der Waals surface area contributed by atoms with Gasteiger partial charge in [0.25, 0.3) is 0 Å². The number of ether oxygens (including phenoxy) is 2. The van der Waals surface area contributed by atoms with Gasteiger partial charge in [-0.2, -0.15) is 0 Å². The van der Waals surface area contributed by atoms with Crippen LogP contribution in [0.4, 0.5) is 0 Å². The summed E-state index contributed by atoms with van der Waals surface area (Å²) in [6, 6.07) is 13.9. The molecule has 2 aromatic rings. The van der Waals surface area contributed by atoms with Crippen molar-refractivity contribution in [3.05, 3.63) is 53.6 Å². The van der Waals surface area contributed by atoms with Crippen molar-refractivity contribution in [2.45, 2.75) is 18.0 Å². The van der Waals surface area contributed by atoms with E-state index in [0.29, 0.717) is 17.5 Å². The Morgan fingerprint density at radius 2 is 1.83 bits per heavy atom. The predicted molar refractivity (Wildman–Crippen MR) is 97.1 cm³/mol. The van der Waals surface area contributed by atoms with Crippen LogP contribution in [-0.2, 0) is 0 Å². The molecule has 0 bridgehead atoms. The molecule has 23 heavy (non-hydrogen) atoms. The number of thioether (sulfide) groups is 1. The maximum Gasteiger partial charge on any atom is 0.161 e. The highest BCUT2D eigenvalue weighted by Gasteiger charge is 2.15. The van der Waals surface area contributed by atoms with E-state index in [-0.39, 0.29) is 0 Å². The fraction of sp³-hybridized carbons (Fsp3) is 0.235. The molecular formula is C17H18N2O2S2. The van der Waals surface area contributed by atoms with E-state index in [2.05, 4.69) is 24.4 Å². The first-order chi connectivity index (χ1) is 11.1. The molecule has 1 atom stereocenters. The normalized spacial score (nSPS) is 14.2. The molecule has 3 N–H and O–H groups in total. The summed E-state index contributed by atoms with van der Waals surface area (Å²) in [6.45, 7) is 3.19. The lowest BCUT2D eigenvalue weighted by Crippen LogP contribution is -2.31. The third-order valence-electron chi connectivity index (χ3n) is 3.43. The highest BCUT2D eigenvalue weighted by Crippen LogP contribution is 2.32. The molecular weight excluding hydrogens is 328 g/mol. The monoisotopic (exact) mass is 346 g/mol. The molecule has 0 aromatic heterocycles. The maximum absolute atomic E-state index is 6.20. The van der Waals surface area contributed by atoms with Crippen molar-refractivity contribution in [3.63, 3.8) is 0 Å². The number of thiocarbonyl (C=S) groups is 1. The van der Waals surface area contributed by atoms with Crippen LogP contribution in [0, 0.1) is 6.92 Å².